The summed E-state index contributed by atoms with van der Waals surface area (Å²) in [5.74, 6) is -2.28. The van der Waals surface area contributed by atoms with Gasteiger partial charge in [-0.05, 0) is 41.3 Å². The van der Waals surface area contributed by atoms with Crippen molar-refractivity contribution in [1.82, 2.24) is 10.2 Å². The van der Waals surface area contributed by atoms with Gasteiger partial charge in [-0.2, -0.15) is 0 Å². The molecule has 3 rings (SSSR count). The zero-order valence-electron chi connectivity index (χ0n) is 23.8. The lowest BCUT2D eigenvalue weighted by Crippen LogP contribution is -3.10. The Kier molecular flexibility index (Phi) is 13.4. The van der Waals surface area contributed by atoms with Crippen molar-refractivity contribution in [3.8, 4) is 5.75 Å². The maximum Gasteiger partial charge on any atom is 0.318 e. The fourth-order valence-electron chi connectivity index (χ4n) is 4.15. The molecule has 0 aromatic heterocycles. The number of nitrogens with zero attached hydrogens (tertiary/aromatic N) is 1. The predicted octanol–water partition coefficient (Wildman–Crippen LogP) is 2.10. The molecule has 0 radical (unpaired) electrons. The zero-order chi connectivity index (χ0) is 29.7. The molecule has 0 saturated carbocycles. The van der Waals surface area contributed by atoms with Gasteiger partial charge in [0.1, 0.15) is 11.6 Å². The van der Waals surface area contributed by atoms with E-state index in [0.29, 0.717) is 25.6 Å². The van der Waals surface area contributed by atoms with Crippen LogP contribution in [0.15, 0.2) is 48.5 Å². The molecular weight excluding hydrogens is 517 g/mol. The minimum Gasteiger partial charge on any atom is -0.550 e. The van der Waals surface area contributed by atoms with E-state index in [1.54, 1.807) is 12.1 Å². The molecule has 0 spiro atoms. The first-order valence-corrected chi connectivity index (χ1v) is 13.7. The molecule has 2 aromatic carbocycles. The van der Waals surface area contributed by atoms with Crippen molar-refractivity contribution < 1.29 is 38.6 Å². The third kappa shape index (κ3) is 12.0. The molecule has 3 N–H and O–H groups in total. The normalized spacial score (nSPS) is 17.2. The Balaban J connectivity index is 0.000000536. The molecule has 9 nitrogen and oxygen atoms in total. The van der Waals surface area contributed by atoms with Crippen molar-refractivity contribution in [3.05, 3.63) is 65.5 Å². The van der Waals surface area contributed by atoms with Crippen LogP contribution in [0.1, 0.15) is 51.2 Å². The van der Waals surface area contributed by atoms with Gasteiger partial charge in [-0.1, -0.05) is 45.0 Å². The van der Waals surface area contributed by atoms with Crippen molar-refractivity contribution in [2.75, 3.05) is 26.7 Å². The Morgan fingerprint density at radius 1 is 1.05 bits per heavy atom. The van der Waals surface area contributed by atoms with Crippen LogP contribution in [-0.2, 0) is 22.7 Å². The summed E-state index contributed by atoms with van der Waals surface area (Å²) in [7, 11) is 2.19. The number of quaternary nitrogens is 1. The summed E-state index contributed by atoms with van der Waals surface area (Å²) in [5, 5.41) is 21.0. The lowest BCUT2D eigenvalue weighted by Gasteiger charge is -2.36. The maximum absolute atomic E-state index is 13.3. The molecule has 0 unspecified atom stereocenters. The number of piperidine rings is 1. The number of aliphatic carboxylic acids is 2. The van der Waals surface area contributed by atoms with Gasteiger partial charge in [-0.25, -0.2) is 9.18 Å². The first-order chi connectivity index (χ1) is 18.9. The average molecular weight is 560 g/mol. The number of rotatable bonds is 11. The first kappa shape index (κ1) is 32.6. The number of carbonyl (C=O) groups excluding carboxylic acids is 2. The van der Waals surface area contributed by atoms with E-state index in [4.69, 9.17) is 9.84 Å². The van der Waals surface area contributed by atoms with E-state index in [2.05, 4.69) is 26.2 Å². The lowest BCUT2D eigenvalue weighted by molar-refractivity contribution is -0.885. The number of carboxylic acids is 2. The molecule has 40 heavy (non-hydrogen) atoms. The SMILES string of the molecule is CC(C)COc1ccc(CNC(=O)N(Cc2ccc(F)cc2)C2CC[NH+](C)CC2)cc1.C[C@@H](CC(=O)O)C(=O)[O-]. The summed E-state index contributed by atoms with van der Waals surface area (Å²) in [6, 6.07) is 14.4. The van der Waals surface area contributed by atoms with E-state index in [1.807, 2.05) is 29.2 Å². The van der Waals surface area contributed by atoms with Crippen LogP contribution in [0.3, 0.4) is 0 Å². The predicted molar refractivity (Wildman–Crippen MR) is 147 cm³/mol. The molecule has 1 saturated heterocycles. The van der Waals surface area contributed by atoms with E-state index in [1.165, 1.54) is 24.0 Å². The number of benzene rings is 2. The number of carbonyl (C=O) groups is 3. The Morgan fingerprint density at radius 3 is 2.12 bits per heavy atom. The van der Waals surface area contributed by atoms with Crippen LogP contribution >= 0.6 is 0 Å². The molecule has 0 aliphatic carbocycles. The van der Waals surface area contributed by atoms with Crippen LogP contribution in [0.4, 0.5) is 9.18 Å². The van der Waals surface area contributed by atoms with Crippen LogP contribution in [0.25, 0.3) is 0 Å². The van der Waals surface area contributed by atoms with Gasteiger partial charge < -0.3 is 34.9 Å². The topological polar surface area (TPSA) is 123 Å². The number of hydrogen-bond donors (Lipinski definition) is 3. The quantitative estimate of drug-likeness (QED) is 0.388. The molecule has 1 aliphatic rings. The molecule has 1 atom stereocenters. The summed E-state index contributed by atoms with van der Waals surface area (Å²) in [6.07, 6.45) is 1.58. The van der Waals surface area contributed by atoms with E-state index >= 15 is 0 Å². The monoisotopic (exact) mass is 559 g/mol. The van der Waals surface area contributed by atoms with Gasteiger partial charge in [0, 0.05) is 43.9 Å². The minimum atomic E-state index is -1.32. The summed E-state index contributed by atoms with van der Waals surface area (Å²) in [6.45, 7) is 9.26. The van der Waals surface area contributed by atoms with Crippen molar-refractivity contribution in [1.29, 1.82) is 0 Å². The van der Waals surface area contributed by atoms with Gasteiger partial charge in [0.25, 0.3) is 0 Å². The number of nitrogens with one attached hydrogen (secondary N) is 2. The smallest absolute Gasteiger partial charge is 0.318 e. The zero-order valence-corrected chi connectivity index (χ0v) is 23.8. The fourth-order valence-corrected chi connectivity index (χ4v) is 4.15. The Labute approximate surface area is 235 Å². The molecule has 1 aliphatic heterocycles. The third-order valence-corrected chi connectivity index (χ3v) is 6.61. The summed E-state index contributed by atoms with van der Waals surface area (Å²) < 4.78 is 19.0. The Bertz CT molecular complexity index is 1070. The second kappa shape index (κ2) is 16.4. The second-order valence-corrected chi connectivity index (χ2v) is 10.8. The number of ether oxygens (including phenoxy) is 1. The van der Waals surface area contributed by atoms with Crippen LogP contribution in [0.5, 0.6) is 5.75 Å². The van der Waals surface area contributed by atoms with Gasteiger partial charge in [0.05, 0.1) is 33.2 Å². The highest BCUT2D eigenvalue weighted by Crippen LogP contribution is 2.17. The van der Waals surface area contributed by atoms with Crippen LogP contribution in [0, 0.1) is 17.7 Å². The highest BCUT2D eigenvalue weighted by molar-refractivity contribution is 5.76. The number of urea groups is 1. The van der Waals surface area contributed by atoms with E-state index in [0.717, 1.165) is 42.8 Å². The van der Waals surface area contributed by atoms with Crippen molar-refractivity contribution in [2.24, 2.45) is 11.8 Å². The second-order valence-electron chi connectivity index (χ2n) is 10.8. The van der Waals surface area contributed by atoms with Gasteiger partial charge in [0.15, 0.2) is 0 Å². The van der Waals surface area contributed by atoms with Crippen LogP contribution in [0.2, 0.25) is 0 Å². The standard InChI is InChI=1S/C25H34FN3O2.C5H8O4/c1-19(2)18-31-24-10-6-20(7-11-24)16-27-25(30)29(23-12-14-28(3)15-13-23)17-21-4-8-22(26)9-5-21;1-3(5(8)9)2-4(6)7/h4-11,19,23H,12-18H2,1-3H3,(H,27,30);3H,2H2,1H3,(H,6,7)(H,8,9)/t;3-/m.0/s1. The molecule has 0 bridgehead atoms. The van der Waals surface area contributed by atoms with Crippen LogP contribution < -0.4 is 20.1 Å². The maximum atomic E-state index is 13.3. The number of carboxylic acid groups (broad SMARTS) is 2. The number of likely N-dealkylation sites (tertiary alicyclic amines) is 1. The first-order valence-electron chi connectivity index (χ1n) is 13.7. The van der Waals surface area contributed by atoms with Gasteiger partial charge in [-0.15, -0.1) is 0 Å². The Morgan fingerprint density at radius 2 is 1.62 bits per heavy atom. The molecule has 1 fully saturated rings. The molecular formula is C30H42FN3O6. The number of amides is 2. The minimum absolute atomic E-state index is 0.0750. The fraction of sp³-hybridized carbons (Fsp3) is 0.500. The number of halogens is 1. The van der Waals surface area contributed by atoms with E-state index in [-0.39, 0.29) is 24.3 Å². The van der Waals surface area contributed by atoms with Crippen LogP contribution in [-0.4, -0.2) is 60.8 Å². The summed E-state index contributed by atoms with van der Waals surface area (Å²) in [5.41, 5.74) is 1.97. The van der Waals surface area contributed by atoms with E-state index < -0.39 is 17.9 Å². The number of hydrogen-bond acceptors (Lipinski definition) is 5. The molecule has 2 amide bonds. The van der Waals surface area contributed by atoms with Crippen molar-refractivity contribution in [3.63, 3.8) is 0 Å². The average Bonchev–Trinajstić information content (AvgIpc) is 2.91. The highest BCUT2D eigenvalue weighted by atomic mass is 19.1. The largest absolute Gasteiger partial charge is 0.550 e. The molecule has 1 heterocycles. The highest BCUT2D eigenvalue weighted by Gasteiger charge is 2.28. The molecule has 10 heteroatoms. The lowest BCUT2D eigenvalue weighted by atomic mass is 10.0. The van der Waals surface area contributed by atoms with E-state index in [9.17, 15) is 23.9 Å². The van der Waals surface area contributed by atoms with Gasteiger partial charge in [-0.3, -0.25) is 4.79 Å². The van der Waals surface area contributed by atoms with Crippen molar-refractivity contribution >= 4 is 18.0 Å². The Hall–Kier alpha value is -3.66. The van der Waals surface area contributed by atoms with Crippen molar-refractivity contribution in [2.45, 2.75) is 59.2 Å². The van der Waals surface area contributed by atoms with Gasteiger partial charge in [0.2, 0.25) is 0 Å². The van der Waals surface area contributed by atoms with Gasteiger partial charge >= 0.3 is 12.0 Å². The molecule has 2 aromatic rings. The third-order valence-electron chi connectivity index (χ3n) is 6.61. The summed E-state index contributed by atoms with van der Waals surface area (Å²) >= 11 is 0. The summed E-state index contributed by atoms with van der Waals surface area (Å²) in [4.78, 5) is 36.2. The molecule has 220 valence electrons.